The maximum absolute atomic E-state index is 10.3. The summed E-state index contributed by atoms with van der Waals surface area (Å²) < 4.78 is 5.63. The minimum Gasteiger partial charge on any atom is -0.508 e. The highest BCUT2D eigenvalue weighted by molar-refractivity contribution is 5.53. The smallest absolute Gasteiger partial charge is 0.161 e. The van der Waals surface area contributed by atoms with Gasteiger partial charge in [0.2, 0.25) is 0 Å². The van der Waals surface area contributed by atoms with Crippen molar-refractivity contribution in [1.29, 1.82) is 0 Å². The number of hydrogen-bond donors (Lipinski definition) is 3. The number of ether oxygens (including phenoxy) is 1. The van der Waals surface area contributed by atoms with E-state index in [1.807, 2.05) is 31.2 Å². The molecule has 31 heavy (non-hydrogen) atoms. The molecule has 0 aliphatic heterocycles. The van der Waals surface area contributed by atoms with Crippen molar-refractivity contribution in [3.8, 4) is 23.0 Å². The van der Waals surface area contributed by atoms with Crippen LogP contribution in [-0.2, 0) is 12.8 Å². The molecule has 0 unspecified atom stereocenters. The Bertz CT molecular complexity index is 894. The van der Waals surface area contributed by atoms with Gasteiger partial charge in [0.15, 0.2) is 11.5 Å². The molecule has 0 saturated heterocycles. The Morgan fingerprint density at radius 3 is 1.55 bits per heavy atom. The summed E-state index contributed by atoms with van der Waals surface area (Å²) in [5.41, 5.74) is 4.90. The van der Waals surface area contributed by atoms with Gasteiger partial charge in [-0.15, -0.1) is 0 Å². The molecular formula is C27H32O4. The molecule has 3 aromatic carbocycles. The number of aromatic hydroxyl groups is 3. The molecule has 3 aromatic rings. The first-order valence-electron chi connectivity index (χ1n) is 11.1. The molecule has 4 heteroatoms. The van der Waals surface area contributed by atoms with Crippen LogP contribution in [0.4, 0.5) is 0 Å². The zero-order chi connectivity index (χ0) is 22.4. The molecule has 0 atom stereocenters. The Morgan fingerprint density at radius 2 is 1.10 bits per heavy atom. The van der Waals surface area contributed by atoms with Gasteiger partial charge in [-0.05, 0) is 71.8 Å². The average molecular weight is 421 g/mol. The molecule has 0 aliphatic rings. The molecule has 0 aliphatic carbocycles. The van der Waals surface area contributed by atoms with Crippen LogP contribution in [-0.4, -0.2) is 21.9 Å². The Hall–Kier alpha value is -3.14. The molecule has 0 amide bonds. The van der Waals surface area contributed by atoms with Crippen molar-refractivity contribution in [2.75, 3.05) is 6.61 Å². The van der Waals surface area contributed by atoms with Crippen LogP contribution in [0.1, 0.15) is 67.3 Å². The quantitative estimate of drug-likeness (QED) is 0.356. The fourth-order valence-electron chi connectivity index (χ4n) is 4.07. The minimum atomic E-state index is -0.132. The van der Waals surface area contributed by atoms with Crippen molar-refractivity contribution in [3.05, 3.63) is 82.4 Å². The van der Waals surface area contributed by atoms with E-state index >= 15 is 0 Å². The third-order valence-corrected chi connectivity index (χ3v) is 5.53. The van der Waals surface area contributed by atoms with Crippen LogP contribution < -0.4 is 4.74 Å². The van der Waals surface area contributed by atoms with Crippen LogP contribution in [0.15, 0.2) is 54.6 Å². The largest absolute Gasteiger partial charge is 0.508 e. The van der Waals surface area contributed by atoms with Gasteiger partial charge >= 0.3 is 0 Å². The van der Waals surface area contributed by atoms with E-state index in [0.717, 1.165) is 53.5 Å². The second-order valence-electron chi connectivity index (χ2n) is 7.87. The fraction of sp³-hybridized carbons (Fsp3) is 0.333. The van der Waals surface area contributed by atoms with E-state index < -0.39 is 0 Å². The van der Waals surface area contributed by atoms with Crippen molar-refractivity contribution in [3.63, 3.8) is 0 Å². The summed E-state index contributed by atoms with van der Waals surface area (Å²) in [6, 6.07) is 17.0. The van der Waals surface area contributed by atoms with Gasteiger partial charge in [-0.3, -0.25) is 0 Å². The van der Waals surface area contributed by atoms with Crippen LogP contribution in [0.25, 0.3) is 0 Å². The van der Waals surface area contributed by atoms with E-state index in [2.05, 4.69) is 26.0 Å². The third-order valence-electron chi connectivity index (χ3n) is 5.53. The standard InChI is InChI=1S/C27H32O4/c1-4-7-18-15-20(9-12-23(18)28)27(21-10-13-24(29)19(16-21)8-5-2)22-11-14-25(30)26(17-22)31-6-3/h9-17,27-30H,4-8H2,1-3H3. The zero-order valence-electron chi connectivity index (χ0n) is 18.6. The van der Waals surface area contributed by atoms with Gasteiger partial charge in [0, 0.05) is 5.92 Å². The monoisotopic (exact) mass is 420 g/mol. The van der Waals surface area contributed by atoms with E-state index in [1.54, 1.807) is 18.2 Å². The van der Waals surface area contributed by atoms with E-state index in [9.17, 15) is 15.3 Å². The van der Waals surface area contributed by atoms with Crippen molar-refractivity contribution < 1.29 is 20.1 Å². The summed E-state index contributed by atoms with van der Waals surface area (Å²) in [7, 11) is 0. The van der Waals surface area contributed by atoms with E-state index in [4.69, 9.17) is 4.74 Å². The predicted molar refractivity (Wildman–Crippen MR) is 124 cm³/mol. The van der Waals surface area contributed by atoms with Gasteiger partial charge in [-0.25, -0.2) is 0 Å². The molecule has 0 heterocycles. The molecule has 4 nitrogen and oxygen atoms in total. The lowest BCUT2D eigenvalue weighted by atomic mass is 9.83. The minimum absolute atomic E-state index is 0.110. The topological polar surface area (TPSA) is 69.9 Å². The molecule has 0 fully saturated rings. The number of rotatable bonds is 9. The molecule has 0 aromatic heterocycles. The number of aryl methyl sites for hydroxylation is 2. The number of benzene rings is 3. The predicted octanol–water partition coefficient (Wildman–Crippen LogP) is 6.29. The lowest BCUT2D eigenvalue weighted by molar-refractivity contribution is 0.317. The number of phenolic OH excluding ortho intramolecular Hbond substituents is 3. The van der Waals surface area contributed by atoms with Crippen LogP contribution in [0, 0.1) is 0 Å². The molecule has 3 N–H and O–H groups in total. The van der Waals surface area contributed by atoms with Gasteiger partial charge in [-0.1, -0.05) is 57.0 Å². The number of hydrogen-bond acceptors (Lipinski definition) is 4. The highest BCUT2D eigenvalue weighted by Crippen LogP contribution is 2.39. The maximum atomic E-state index is 10.3. The highest BCUT2D eigenvalue weighted by atomic mass is 16.5. The van der Waals surface area contributed by atoms with Crippen LogP contribution in [0.5, 0.6) is 23.0 Å². The van der Waals surface area contributed by atoms with Crippen molar-refractivity contribution in [1.82, 2.24) is 0 Å². The summed E-state index contributed by atoms with van der Waals surface area (Å²) >= 11 is 0. The number of phenols is 3. The van der Waals surface area contributed by atoms with Gasteiger partial charge in [0.25, 0.3) is 0 Å². The molecule has 0 spiro atoms. The van der Waals surface area contributed by atoms with E-state index in [1.165, 1.54) is 0 Å². The van der Waals surface area contributed by atoms with E-state index in [0.29, 0.717) is 23.9 Å². The van der Waals surface area contributed by atoms with E-state index in [-0.39, 0.29) is 11.7 Å². The molecule has 0 radical (unpaired) electrons. The second-order valence-corrected chi connectivity index (χ2v) is 7.87. The van der Waals surface area contributed by atoms with Crippen LogP contribution in [0.2, 0.25) is 0 Å². The Balaban J connectivity index is 2.19. The first-order valence-corrected chi connectivity index (χ1v) is 11.1. The summed E-state index contributed by atoms with van der Waals surface area (Å²) in [5.74, 6) is 1.04. The lowest BCUT2D eigenvalue weighted by Crippen LogP contribution is -2.06. The molecule has 0 saturated carbocycles. The zero-order valence-corrected chi connectivity index (χ0v) is 18.6. The Kier molecular flexibility index (Phi) is 7.45. The van der Waals surface area contributed by atoms with Crippen molar-refractivity contribution >= 4 is 0 Å². The summed E-state index contributed by atoms with van der Waals surface area (Å²) in [6.07, 6.45) is 3.47. The van der Waals surface area contributed by atoms with Crippen molar-refractivity contribution in [2.45, 2.75) is 52.4 Å². The maximum Gasteiger partial charge on any atom is 0.161 e. The SMILES string of the molecule is CCCc1cc(C(c2ccc(O)c(CCC)c2)c2ccc(O)c(OCC)c2)ccc1O. The fourth-order valence-corrected chi connectivity index (χ4v) is 4.07. The molecule has 0 bridgehead atoms. The van der Waals surface area contributed by atoms with Gasteiger partial charge in [0.05, 0.1) is 6.61 Å². The Morgan fingerprint density at radius 1 is 0.645 bits per heavy atom. The van der Waals surface area contributed by atoms with Gasteiger partial charge in [-0.2, -0.15) is 0 Å². The van der Waals surface area contributed by atoms with Gasteiger partial charge < -0.3 is 20.1 Å². The summed E-state index contributed by atoms with van der Waals surface area (Å²) in [5, 5.41) is 30.8. The van der Waals surface area contributed by atoms with Gasteiger partial charge in [0.1, 0.15) is 11.5 Å². The average Bonchev–Trinajstić information content (AvgIpc) is 2.75. The van der Waals surface area contributed by atoms with Crippen LogP contribution >= 0.6 is 0 Å². The van der Waals surface area contributed by atoms with Crippen LogP contribution in [0.3, 0.4) is 0 Å². The second kappa shape index (κ2) is 10.3. The lowest BCUT2D eigenvalue weighted by Gasteiger charge is -2.22. The normalized spacial score (nSPS) is 11.1. The molecular weight excluding hydrogens is 388 g/mol. The Labute approximate surface area is 184 Å². The molecule has 164 valence electrons. The molecule has 3 rings (SSSR count). The van der Waals surface area contributed by atoms with Crippen molar-refractivity contribution in [2.24, 2.45) is 0 Å². The summed E-state index contributed by atoms with van der Waals surface area (Å²) in [6.45, 7) is 6.53. The first-order chi connectivity index (χ1) is 15.0. The summed E-state index contributed by atoms with van der Waals surface area (Å²) in [4.78, 5) is 0. The first kappa shape index (κ1) is 22.5. The highest BCUT2D eigenvalue weighted by Gasteiger charge is 2.21. The third kappa shape index (κ3) is 5.13.